The second-order valence-electron chi connectivity index (χ2n) is 5.10. The monoisotopic (exact) mass is 355 g/mol. The van der Waals surface area contributed by atoms with Crippen molar-refractivity contribution in [2.24, 2.45) is 0 Å². The van der Waals surface area contributed by atoms with E-state index < -0.39 is 10.0 Å². The Hall–Kier alpha value is -1.92. The van der Waals surface area contributed by atoms with Crippen molar-refractivity contribution in [3.8, 4) is 11.5 Å². The zero-order chi connectivity index (χ0) is 17.0. The van der Waals surface area contributed by atoms with Gasteiger partial charge in [-0.15, -0.1) is 0 Å². The average molecular weight is 356 g/mol. The maximum Gasteiger partial charge on any atom is 0.261 e. The third-order valence-electron chi connectivity index (χ3n) is 2.89. The molecule has 0 fully saturated rings. The van der Waals surface area contributed by atoms with Crippen LogP contribution in [0.3, 0.4) is 0 Å². The molecule has 0 aliphatic rings. The number of hydrogen-bond donors (Lipinski definition) is 1. The lowest BCUT2D eigenvalue weighted by molar-refractivity contribution is 0.242. The fourth-order valence-electron chi connectivity index (χ4n) is 1.93. The van der Waals surface area contributed by atoms with Crippen LogP contribution in [0.25, 0.3) is 0 Å². The Morgan fingerprint density at radius 3 is 2.48 bits per heavy atom. The molecule has 0 aliphatic carbocycles. The molecular weight excluding hydrogens is 338 g/mol. The lowest BCUT2D eigenvalue weighted by atomic mass is 10.3. The molecule has 0 spiro atoms. The van der Waals surface area contributed by atoms with Gasteiger partial charge in [-0.05, 0) is 44.2 Å². The molecule has 0 atom stereocenters. The molecule has 7 heteroatoms. The normalized spacial score (nSPS) is 11.3. The van der Waals surface area contributed by atoms with Crippen molar-refractivity contribution in [1.82, 2.24) is 0 Å². The van der Waals surface area contributed by atoms with Gasteiger partial charge < -0.3 is 9.47 Å². The highest BCUT2D eigenvalue weighted by Gasteiger charge is 2.16. The minimum atomic E-state index is -3.75. The van der Waals surface area contributed by atoms with Crippen LogP contribution in [-0.4, -0.2) is 21.6 Å². The molecule has 1 N–H and O–H groups in total. The Morgan fingerprint density at radius 1 is 1.13 bits per heavy atom. The fourth-order valence-corrected chi connectivity index (χ4v) is 3.33. The second kappa shape index (κ2) is 7.10. The van der Waals surface area contributed by atoms with Crippen LogP contribution in [0.15, 0.2) is 47.4 Å². The van der Waals surface area contributed by atoms with Crippen molar-refractivity contribution in [2.75, 3.05) is 11.8 Å². The van der Waals surface area contributed by atoms with E-state index in [1.54, 1.807) is 24.3 Å². The minimum absolute atomic E-state index is 0.00209. The summed E-state index contributed by atoms with van der Waals surface area (Å²) in [4.78, 5) is 0.0541. The van der Waals surface area contributed by atoms with Gasteiger partial charge in [-0.2, -0.15) is 0 Å². The Morgan fingerprint density at radius 2 is 1.87 bits per heavy atom. The average Bonchev–Trinajstić information content (AvgIpc) is 2.46. The predicted molar refractivity (Wildman–Crippen MR) is 91.0 cm³/mol. The molecule has 0 saturated heterocycles. The lowest BCUT2D eigenvalue weighted by Crippen LogP contribution is -2.13. The van der Waals surface area contributed by atoms with E-state index >= 15 is 0 Å². The summed E-state index contributed by atoms with van der Waals surface area (Å²) in [6.07, 6.45) is 0.00209. The van der Waals surface area contributed by atoms with E-state index in [2.05, 4.69) is 4.72 Å². The van der Waals surface area contributed by atoms with Crippen molar-refractivity contribution in [1.29, 1.82) is 0 Å². The highest BCUT2D eigenvalue weighted by Crippen LogP contribution is 2.28. The van der Waals surface area contributed by atoms with E-state index in [0.29, 0.717) is 17.2 Å². The summed E-state index contributed by atoms with van der Waals surface area (Å²) in [5, 5.41) is 0.229. The molecule has 0 amide bonds. The number of anilines is 1. The van der Waals surface area contributed by atoms with Gasteiger partial charge in [0.2, 0.25) is 0 Å². The minimum Gasteiger partial charge on any atom is -0.495 e. The van der Waals surface area contributed by atoms with Gasteiger partial charge >= 0.3 is 0 Å². The molecule has 0 radical (unpaired) electrons. The smallest absolute Gasteiger partial charge is 0.261 e. The molecular formula is C16H18ClNO4S. The summed E-state index contributed by atoms with van der Waals surface area (Å²) in [6.45, 7) is 3.80. The molecule has 2 aromatic carbocycles. The summed E-state index contributed by atoms with van der Waals surface area (Å²) in [7, 11) is -2.29. The SMILES string of the molecule is COc1ccc(S(=O)(=O)Nc2cccc(OC(C)C)c2)cc1Cl. The highest BCUT2D eigenvalue weighted by atomic mass is 35.5. The van der Waals surface area contributed by atoms with Crippen molar-refractivity contribution in [2.45, 2.75) is 24.8 Å². The van der Waals surface area contributed by atoms with Crippen LogP contribution < -0.4 is 14.2 Å². The van der Waals surface area contributed by atoms with E-state index in [1.165, 1.54) is 25.3 Å². The molecule has 23 heavy (non-hydrogen) atoms. The fraction of sp³-hybridized carbons (Fsp3) is 0.250. The molecule has 0 saturated carbocycles. The second-order valence-corrected chi connectivity index (χ2v) is 7.19. The first kappa shape index (κ1) is 17.4. The van der Waals surface area contributed by atoms with Crippen LogP contribution in [0.1, 0.15) is 13.8 Å². The van der Waals surface area contributed by atoms with Crippen LogP contribution in [-0.2, 0) is 10.0 Å². The van der Waals surface area contributed by atoms with Crippen molar-refractivity contribution >= 4 is 27.3 Å². The Labute approximate surface area is 141 Å². The van der Waals surface area contributed by atoms with Crippen molar-refractivity contribution in [3.05, 3.63) is 47.5 Å². The summed E-state index contributed by atoms with van der Waals surface area (Å²) in [5.41, 5.74) is 0.412. The Kier molecular flexibility index (Phi) is 5.38. The first-order valence-corrected chi connectivity index (χ1v) is 8.81. The molecule has 2 aromatic rings. The van der Waals surface area contributed by atoms with Gasteiger partial charge in [-0.3, -0.25) is 4.72 Å². The van der Waals surface area contributed by atoms with Gasteiger partial charge in [-0.1, -0.05) is 17.7 Å². The van der Waals surface area contributed by atoms with Crippen LogP contribution in [0.2, 0.25) is 5.02 Å². The quantitative estimate of drug-likeness (QED) is 0.852. The maximum absolute atomic E-state index is 12.4. The van der Waals surface area contributed by atoms with Crippen LogP contribution >= 0.6 is 11.6 Å². The van der Waals surface area contributed by atoms with Crippen LogP contribution in [0.4, 0.5) is 5.69 Å². The van der Waals surface area contributed by atoms with Gasteiger partial charge in [0.05, 0.1) is 28.8 Å². The zero-order valence-corrected chi connectivity index (χ0v) is 14.6. The summed E-state index contributed by atoms with van der Waals surface area (Å²) < 4.78 is 37.9. The first-order valence-electron chi connectivity index (χ1n) is 6.95. The van der Waals surface area contributed by atoms with Crippen LogP contribution in [0.5, 0.6) is 11.5 Å². The van der Waals surface area contributed by atoms with E-state index in [1.807, 2.05) is 13.8 Å². The zero-order valence-electron chi connectivity index (χ0n) is 13.0. The van der Waals surface area contributed by atoms with Crippen LogP contribution in [0, 0.1) is 0 Å². The topological polar surface area (TPSA) is 64.6 Å². The number of methoxy groups -OCH3 is 1. The Bertz CT molecular complexity index is 790. The van der Waals surface area contributed by atoms with Crippen molar-refractivity contribution < 1.29 is 17.9 Å². The van der Waals surface area contributed by atoms with Gasteiger partial charge in [0.15, 0.2) is 0 Å². The van der Waals surface area contributed by atoms with Gasteiger partial charge in [0.1, 0.15) is 11.5 Å². The maximum atomic E-state index is 12.4. The number of hydrogen-bond acceptors (Lipinski definition) is 4. The van der Waals surface area contributed by atoms with Gasteiger partial charge in [0, 0.05) is 6.07 Å². The number of nitrogens with one attached hydrogen (secondary N) is 1. The van der Waals surface area contributed by atoms with E-state index in [9.17, 15) is 8.42 Å². The van der Waals surface area contributed by atoms with Crippen molar-refractivity contribution in [3.63, 3.8) is 0 Å². The van der Waals surface area contributed by atoms with E-state index in [4.69, 9.17) is 21.1 Å². The number of benzene rings is 2. The number of sulfonamides is 1. The Balaban J connectivity index is 2.26. The third-order valence-corrected chi connectivity index (χ3v) is 4.57. The highest BCUT2D eigenvalue weighted by molar-refractivity contribution is 7.92. The molecule has 2 rings (SSSR count). The largest absolute Gasteiger partial charge is 0.495 e. The van der Waals surface area contributed by atoms with Gasteiger partial charge in [0.25, 0.3) is 10.0 Å². The number of halogens is 1. The molecule has 0 heterocycles. The summed E-state index contributed by atoms with van der Waals surface area (Å²) in [5.74, 6) is 1.01. The van der Waals surface area contributed by atoms with E-state index in [-0.39, 0.29) is 16.0 Å². The molecule has 0 aromatic heterocycles. The molecule has 124 valence electrons. The third kappa shape index (κ3) is 4.53. The number of rotatable bonds is 6. The standard InChI is InChI=1S/C16H18ClNO4S/c1-11(2)22-13-6-4-5-12(9-13)18-23(19,20)14-7-8-16(21-3)15(17)10-14/h4-11,18H,1-3H3. The first-order chi connectivity index (χ1) is 10.8. The van der Waals surface area contributed by atoms with Gasteiger partial charge in [-0.25, -0.2) is 8.42 Å². The molecule has 5 nitrogen and oxygen atoms in total. The van der Waals surface area contributed by atoms with E-state index in [0.717, 1.165) is 0 Å². The lowest BCUT2D eigenvalue weighted by Gasteiger charge is -2.13. The molecule has 0 aliphatic heterocycles. The molecule has 0 bridgehead atoms. The predicted octanol–water partition coefficient (Wildman–Crippen LogP) is 3.94. The number of ether oxygens (including phenoxy) is 2. The summed E-state index contributed by atoms with van der Waals surface area (Å²) in [6, 6.07) is 11.0. The summed E-state index contributed by atoms with van der Waals surface area (Å²) >= 11 is 5.98. The molecule has 0 unspecified atom stereocenters.